The van der Waals surface area contributed by atoms with Crippen LogP contribution in [-0.2, 0) is 0 Å². The van der Waals surface area contributed by atoms with Crippen LogP contribution in [0.2, 0.25) is 0 Å². The third-order valence-electron chi connectivity index (χ3n) is 1.37. The number of aryl methyl sites for hydroxylation is 1. The smallest absolute Gasteiger partial charge is 0.234 e. The molecule has 0 aliphatic rings. The van der Waals surface area contributed by atoms with Gasteiger partial charge < -0.3 is 0 Å². The van der Waals surface area contributed by atoms with Crippen LogP contribution in [0.25, 0.3) is 0 Å². The van der Waals surface area contributed by atoms with Gasteiger partial charge in [-0.25, -0.2) is 13.8 Å². The van der Waals surface area contributed by atoms with E-state index in [2.05, 4.69) is 20.9 Å². The highest BCUT2D eigenvalue weighted by atomic mass is 127. The van der Waals surface area contributed by atoms with E-state index in [9.17, 15) is 8.78 Å². The average Bonchev–Trinajstić information content (AvgIpc) is 1.96. The van der Waals surface area contributed by atoms with Gasteiger partial charge in [0.15, 0.2) is 0 Å². The van der Waals surface area contributed by atoms with E-state index in [1.165, 1.54) is 6.07 Å². The highest BCUT2D eigenvalue weighted by Gasteiger charge is 2.13. The first-order chi connectivity index (χ1) is 5.52. The second-order valence-corrected chi connectivity index (χ2v) is 4.05. The van der Waals surface area contributed by atoms with E-state index >= 15 is 0 Å². The Hall–Kier alpha value is 0.220. The largest absolute Gasteiger partial charge is 0.266 e. The van der Waals surface area contributed by atoms with Crippen molar-refractivity contribution in [3.05, 3.63) is 25.5 Å². The highest BCUT2D eigenvalue weighted by molar-refractivity contribution is 14.1. The fourth-order valence-electron chi connectivity index (χ4n) is 0.744. The summed E-state index contributed by atoms with van der Waals surface area (Å²) in [5.41, 5.74) is 0.724. The van der Waals surface area contributed by atoms with Crippen LogP contribution in [0.4, 0.5) is 8.78 Å². The maximum Gasteiger partial charge on any atom is 0.266 e. The summed E-state index contributed by atoms with van der Waals surface area (Å²) in [5.74, 6) is 0. The van der Waals surface area contributed by atoms with Crippen molar-refractivity contribution in [2.45, 2.75) is 13.3 Å². The third kappa shape index (κ3) is 2.12. The Morgan fingerprint density at radius 3 is 2.67 bits per heavy atom. The van der Waals surface area contributed by atoms with Gasteiger partial charge in [-0.15, -0.1) is 0 Å². The second kappa shape index (κ2) is 3.95. The Morgan fingerprint density at radius 1 is 1.58 bits per heavy atom. The number of alkyl halides is 2. The van der Waals surface area contributed by atoms with Gasteiger partial charge in [0.25, 0.3) is 6.43 Å². The van der Waals surface area contributed by atoms with E-state index in [1.54, 1.807) is 29.5 Å². The average molecular weight is 348 g/mol. The minimum absolute atomic E-state index is 0.00343. The van der Waals surface area contributed by atoms with Crippen molar-refractivity contribution in [2.75, 3.05) is 0 Å². The summed E-state index contributed by atoms with van der Waals surface area (Å²) in [6.07, 6.45) is -2.45. The molecule has 0 aliphatic carbocycles. The summed E-state index contributed by atoms with van der Waals surface area (Å²) in [5, 5.41) is 0. The van der Waals surface area contributed by atoms with Crippen molar-refractivity contribution >= 4 is 38.5 Å². The quantitative estimate of drug-likeness (QED) is 0.557. The minimum atomic E-state index is -2.45. The highest BCUT2D eigenvalue weighted by Crippen LogP contribution is 2.26. The summed E-state index contributed by atoms with van der Waals surface area (Å²) >= 11 is 4.97. The van der Waals surface area contributed by atoms with Gasteiger partial charge in [0.1, 0.15) is 8.30 Å². The second-order valence-electron chi connectivity index (χ2n) is 2.28. The number of rotatable bonds is 1. The number of hydrogen-bond acceptors (Lipinski definition) is 1. The van der Waals surface area contributed by atoms with Crippen LogP contribution in [-0.4, -0.2) is 4.98 Å². The van der Waals surface area contributed by atoms with Crippen LogP contribution < -0.4 is 0 Å². The SMILES string of the molecule is Cc1cc(C(F)F)c(I)nc1Br. The molecule has 0 saturated heterocycles. The summed E-state index contributed by atoms with van der Waals surface area (Å²) in [7, 11) is 0. The maximum atomic E-state index is 12.3. The lowest BCUT2D eigenvalue weighted by atomic mass is 10.2. The molecule has 0 aliphatic heterocycles. The molecule has 0 unspecified atom stereocenters. The van der Waals surface area contributed by atoms with E-state index in [0.29, 0.717) is 8.30 Å². The first kappa shape index (κ1) is 10.3. The fourth-order valence-corrected chi connectivity index (χ4v) is 2.00. The zero-order valence-electron chi connectivity index (χ0n) is 6.11. The first-order valence-corrected chi connectivity index (χ1v) is 5.00. The molecule has 5 heteroatoms. The molecular formula is C7H5BrF2IN. The Kier molecular flexibility index (Phi) is 3.39. The molecule has 0 fully saturated rings. The summed E-state index contributed by atoms with van der Waals surface area (Å²) in [6, 6.07) is 1.45. The van der Waals surface area contributed by atoms with Crippen LogP contribution in [0.1, 0.15) is 17.6 Å². The molecule has 12 heavy (non-hydrogen) atoms. The number of aromatic nitrogens is 1. The van der Waals surface area contributed by atoms with Gasteiger partial charge in [-0.3, -0.25) is 0 Å². The van der Waals surface area contributed by atoms with Crippen LogP contribution in [0.3, 0.4) is 0 Å². The minimum Gasteiger partial charge on any atom is -0.234 e. The lowest BCUT2D eigenvalue weighted by Crippen LogP contribution is -1.95. The van der Waals surface area contributed by atoms with E-state index in [-0.39, 0.29) is 5.56 Å². The molecule has 1 aromatic rings. The van der Waals surface area contributed by atoms with Crippen LogP contribution >= 0.6 is 38.5 Å². The Morgan fingerprint density at radius 2 is 2.17 bits per heavy atom. The van der Waals surface area contributed by atoms with Crippen LogP contribution in [0, 0.1) is 10.6 Å². The Labute approximate surface area is 90.8 Å². The Balaban J connectivity index is 3.23. The summed E-state index contributed by atoms with van der Waals surface area (Å²) < 4.78 is 25.5. The number of halogens is 4. The van der Waals surface area contributed by atoms with Crippen molar-refractivity contribution in [1.82, 2.24) is 4.98 Å². The molecule has 1 heterocycles. The zero-order valence-corrected chi connectivity index (χ0v) is 9.86. The molecule has 0 bridgehead atoms. The van der Waals surface area contributed by atoms with E-state index < -0.39 is 6.43 Å². The van der Waals surface area contributed by atoms with Gasteiger partial charge in [0, 0.05) is 5.56 Å². The summed E-state index contributed by atoms with van der Waals surface area (Å²) in [4.78, 5) is 3.92. The van der Waals surface area contributed by atoms with Crippen molar-refractivity contribution in [2.24, 2.45) is 0 Å². The van der Waals surface area contributed by atoms with E-state index in [4.69, 9.17) is 0 Å². The molecule has 1 aromatic heterocycles. The zero-order chi connectivity index (χ0) is 9.30. The Bertz CT molecular complexity index is 304. The molecule has 66 valence electrons. The van der Waals surface area contributed by atoms with E-state index in [0.717, 1.165) is 5.56 Å². The van der Waals surface area contributed by atoms with E-state index in [1.807, 2.05) is 0 Å². The van der Waals surface area contributed by atoms with Crippen LogP contribution in [0.15, 0.2) is 10.7 Å². The molecule has 1 nitrogen and oxygen atoms in total. The van der Waals surface area contributed by atoms with Gasteiger partial charge in [0.2, 0.25) is 0 Å². The topological polar surface area (TPSA) is 12.9 Å². The summed E-state index contributed by atoms with van der Waals surface area (Å²) in [6.45, 7) is 1.74. The maximum absolute atomic E-state index is 12.3. The predicted molar refractivity (Wildman–Crippen MR) is 54.3 cm³/mol. The van der Waals surface area contributed by atoms with Gasteiger partial charge in [0.05, 0.1) is 0 Å². The third-order valence-corrected chi connectivity index (χ3v) is 3.03. The van der Waals surface area contributed by atoms with Crippen molar-refractivity contribution < 1.29 is 8.78 Å². The standard InChI is InChI=1S/C7H5BrF2IN/c1-3-2-4(6(9)10)7(11)12-5(3)8/h2,6H,1H3. The molecule has 0 amide bonds. The molecule has 1 rings (SSSR count). The molecule has 0 atom stereocenters. The van der Waals surface area contributed by atoms with Crippen LogP contribution in [0.5, 0.6) is 0 Å². The van der Waals surface area contributed by atoms with Crippen molar-refractivity contribution in [3.8, 4) is 0 Å². The van der Waals surface area contributed by atoms with Gasteiger partial charge >= 0.3 is 0 Å². The monoisotopic (exact) mass is 347 g/mol. The lowest BCUT2D eigenvalue weighted by Gasteiger charge is -2.04. The molecular weight excluding hydrogens is 343 g/mol. The van der Waals surface area contributed by atoms with Crippen molar-refractivity contribution in [3.63, 3.8) is 0 Å². The fraction of sp³-hybridized carbons (Fsp3) is 0.286. The molecule has 0 radical (unpaired) electrons. The van der Waals surface area contributed by atoms with Crippen molar-refractivity contribution in [1.29, 1.82) is 0 Å². The van der Waals surface area contributed by atoms with Gasteiger partial charge in [-0.05, 0) is 57.1 Å². The molecule has 0 N–H and O–H groups in total. The molecule has 0 aromatic carbocycles. The first-order valence-electron chi connectivity index (χ1n) is 3.13. The molecule has 0 spiro atoms. The lowest BCUT2D eigenvalue weighted by molar-refractivity contribution is 0.149. The normalized spacial score (nSPS) is 10.8. The number of hydrogen-bond donors (Lipinski definition) is 0. The predicted octanol–water partition coefficient (Wildman–Crippen LogP) is 3.69. The van der Waals surface area contributed by atoms with Gasteiger partial charge in [-0.1, -0.05) is 0 Å². The number of pyridine rings is 1. The number of nitrogens with zero attached hydrogens (tertiary/aromatic N) is 1. The molecule has 0 saturated carbocycles. The van der Waals surface area contributed by atoms with Gasteiger partial charge in [-0.2, -0.15) is 0 Å².